The molecule has 0 aromatic heterocycles. The highest BCUT2D eigenvalue weighted by Crippen LogP contribution is 2.12. The Hall–Kier alpha value is 0.280. The number of nitrogens with zero attached hydrogens (tertiary/aromatic N) is 3. The number of thiocarbonyl (C=S) groups is 2. The topological polar surface area (TPSA) is 63.2 Å². The zero-order valence-corrected chi connectivity index (χ0v) is 11.5. The first kappa shape index (κ1) is 14.3. The summed E-state index contributed by atoms with van der Waals surface area (Å²) in [7, 11) is 0. The molecule has 0 unspecified atom stereocenters. The Morgan fingerprint density at radius 2 is 2.12 bits per heavy atom. The Morgan fingerprint density at radius 1 is 1.44 bits per heavy atom. The number of hydrogen-bond donors (Lipinski definition) is 5. The van der Waals surface area contributed by atoms with Crippen molar-refractivity contribution in [2.75, 3.05) is 13.1 Å². The summed E-state index contributed by atoms with van der Waals surface area (Å²) in [5, 5.41) is 12.5. The molecule has 0 radical (unpaired) electrons. The Bertz CT molecular complexity index is 274. The third kappa shape index (κ3) is 3.65. The summed E-state index contributed by atoms with van der Waals surface area (Å²) in [4.78, 5) is 4.67. The number of nitrogens with one attached hydrogen (secondary N) is 2. The van der Waals surface area contributed by atoms with Gasteiger partial charge in [-0.15, -0.1) is 40.5 Å². The monoisotopic (exact) mass is 301 g/mol. The van der Waals surface area contributed by atoms with Crippen molar-refractivity contribution in [3.8, 4) is 0 Å². The van der Waals surface area contributed by atoms with Crippen molar-refractivity contribution in [2.45, 2.75) is 6.42 Å². The van der Waals surface area contributed by atoms with Crippen molar-refractivity contribution in [3.63, 3.8) is 0 Å². The van der Waals surface area contributed by atoms with Gasteiger partial charge in [-0.05, 0) is 30.9 Å². The average molecular weight is 301 g/mol. The van der Waals surface area contributed by atoms with E-state index in [1.54, 1.807) is 5.12 Å². The van der Waals surface area contributed by atoms with E-state index in [2.05, 4.69) is 35.6 Å². The molecule has 1 heterocycles. The first-order valence-corrected chi connectivity index (χ1v) is 5.92. The number of thiol groups is 2. The predicted molar refractivity (Wildman–Crippen MR) is 72.2 cm³/mol. The van der Waals surface area contributed by atoms with E-state index in [-0.39, 0.29) is 8.64 Å². The number of rotatable bonds is 3. The lowest BCUT2D eigenvalue weighted by Gasteiger charge is -2.37. The Morgan fingerprint density at radius 3 is 2.50 bits per heavy atom. The second kappa shape index (κ2) is 6.88. The maximum Gasteiger partial charge on any atom is 0.185 e. The molecule has 0 aliphatic carbocycles. The van der Waals surface area contributed by atoms with Crippen LogP contribution >= 0.6 is 49.7 Å². The summed E-state index contributed by atoms with van der Waals surface area (Å²) in [6.45, 7) is 1.50. The van der Waals surface area contributed by atoms with E-state index in [0.29, 0.717) is 6.54 Å². The fourth-order valence-electron chi connectivity index (χ4n) is 1.15. The second-order valence-electron chi connectivity index (χ2n) is 2.69. The van der Waals surface area contributed by atoms with Crippen LogP contribution in [0.15, 0.2) is 0 Å². The zero-order chi connectivity index (χ0) is 12.1. The quantitative estimate of drug-likeness (QED) is 0.279. The molecule has 92 valence electrons. The van der Waals surface area contributed by atoms with E-state index >= 15 is 0 Å². The minimum atomic E-state index is 0.0478. The van der Waals surface area contributed by atoms with Gasteiger partial charge in [-0.1, -0.05) is 5.64 Å². The third-order valence-corrected chi connectivity index (χ3v) is 2.37. The van der Waals surface area contributed by atoms with Crippen molar-refractivity contribution < 1.29 is 10.1 Å². The lowest BCUT2D eigenvalue weighted by molar-refractivity contribution is -0.345. The van der Waals surface area contributed by atoms with Gasteiger partial charge in [-0.25, -0.2) is 5.43 Å². The van der Waals surface area contributed by atoms with Crippen LogP contribution in [0.25, 0.3) is 0 Å². The lowest BCUT2D eigenvalue weighted by atomic mass is 10.5. The van der Waals surface area contributed by atoms with E-state index in [1.165, 1.54) is 10.8 Å². The number of hydroxylamine groups is 1. The van der Waals surface area contributed by atoms with E-state index in [0.717, 1.165) is 18.1 Å². The van der Waals surface area contributed by atoms with Crippen LogP contribution in [-0.2, 0) is 4.94 Å². The molecule has 1 saturated heterocycles. The molecule has 0 aromatic carbocycles. The molecular formula is C5H11N5O2S4. The first-order chi connectivity index (χ1) is 7.57. The highest BCUT2D eigenvalue weighted by atomic mass is 32.1. The van der Waals surface area contributed by atoms with Crippen LogP contribution < -0.4 is 11.1 Å². The summed E-state index contributed by atoms with van der Waals surface area (Å²) in [6.07, 6.45) is 0.937. The molecule has 0 bridgehead atoms. The summed E-state index contributed by atoms with van der Waals surface area (Å²) in [5.74, 6) is 0. The number of hydrazine groups is 3. The van der Waals surface area contributed by atoms with E-state index in [1.807, 2.05) is 0 Å². The van der Waals surface area contributed by atoms with Crippen molar-refractivity contribution in [1.29, 1.82) is 0 Å². The molecule has 0 amide bonds. The molecule has 0 atom stereocenters. The van der Waals surface area contributed by atoms with Crippen LogP contribution in [0.5, 0.6) is 0 Å². The molecule has 1 fully saturated rings. The standard InChI is InChI=1S/C5H11N5O2S4/c11-7-12-10(5(15)16)9(4(13)14)8-3-1-2-6-8/h6-7,11H,1-3H2,(H,13,14)(H,15,16). The molecule has 1 aliphatic heterocycles. The molecule has 16 heavy (non-hydrogen) atoms. The number of hydrogen-bond acceptors (Lipinski definition) is 7. The van der Waals surface area contributed by atoms with Gasteiger partial charge in [0.25, 0.3) is 0 Å². The molecular weight excluding hydrogens is 290 g/mol. The van der Waals surface area contributed by atoms with Gasteiger partial charge < -0.3 is 0 Å². The summed E-state index contributed by atoms with van der Waals surface area (Å²) >= 11 is 17.8. The molecule has 1 aliphatic rings. The Labute approximate surface area is 114 Å². The van der Waals surface area contributed by atoms with Gasteiger partial charge >= 0.3 is 0 Å². The van der Waals surface area contributed by atoms with Gasteiger partial charge in [-0.2, -0.15) is 5.12 Å². The first-order valence-electron chi connectivity index (χ1n) is 4.21. The molecule has 3 N–H and O–H groups in total. The summed E-state index contributed by atoms with van der Waals surface area (Å²) in [5.41, 5.74) is 4.54. The molecule has 1 rings (SSSR count). The minimum Gasteiger partial charge on any atom is -0.290 e. The average Bonchev–Trinajstić information content (AvgIpc) is 2.69. The summed E-state index contributed by atoms with van der Waals surface area (Å²) in [6, 6.07) is 0. The maximum atomic E-state index is 8.52. The molecule has 0 spiro atoms. The Balaban J connectivity index is 2.80. The van der Waals surface area contributed by atoms with Gasteiger partial charge in [0, 0.05) is 13.1 Å². The predicted octanol–water partition coefficient (Wildman–Crippen LogP) is -0.114. The second-order valence-corrected chi connectivity index (χ2v) is 4.92. The van der Waals surface area contributed by atoms with Crippen LogP contribution in [0.4, 0.5) is 0 Å². The fraction of sp³-hybridized carbons (Fsp3) is 0.600. The highest BCUT2D eigenvalue weighted by Gasteiger charge is 2.28. The fourth-order valence-corrected chi connectivity index (χ4v) is 1.76. The molecule has 7 nitrogen and oxygen atoms in total. The van der Waals surface area contributed by atoms with Gasteiger partial charge in [0.05, 0.1) is 0 Å². The van der Waals surface area contributed by atoms with E-state index in [4.69, 9.17) is 29.6 Å². The normalized spacial score (nSPS) is 16.2. The van der Waals surface area contributed by atoms with Crippen LogP contribution in [0, 0.1) is 0 Å². The van der Waals surface area contributed by atoms with Gasteiger partial charge in [-0.3, -0.25) is 5.21 Å². The smallest absolute Gasteiger partial charge is 0.185 e. The van der Waals surface area contributed by atoms with Gasteiger partial charge in [0.15, 0.2) is 8.64 Å². The highest BCUT2D eigenvalue weighted by molar-refractivity contribution is 8.11. The third-order valence-electron chi connectivity index (χ3n) is 1.70. The Kier molecular flexibility index (Phi) is 6.17. The van der Waals surface area contributed by atoms with Crippen LogP contribution in [0.1, 0.15) is 6.42 Å². The zero-order valence-electron chi connectivity index (χ0n) is 8.03. The van der Waals surface area contributed by atoms with Crippen LogP contribution in [0.3, 0.4) is 0 Å². The minimum absolute atomic E-state index is 0.0478. The van der Waals surface area contributed by atoms with Crippen molar-refractivity contribution in [2.24, 2.45) is 0 Å². The van der Waals surface area contributed by atoms with Crippen molar-refractivity contribution >= 4 is 58.3 Å². The van der Waals surface area contributed by atoms with E-state index < -0.39 is 0 Å². The maximum absolute atomic E-state index is 8.52. The summed E-state index contributed by atoms with van der Waals surface area (Å²) < 4.78 is 0.229. The SMILES string of the molecule is ONON(C(=S)S)N(C(=S)S)N1CCCN1. The van der Waals surface area contributed by atoms with Gasteiger partial charge in [0.2, 0.25) is 0 Å². The van der Waals surface area contributed by atoms with Crippen molar-refractivity contribution in [3.05, 3.63) is 0 Å². The molecule has 0 aromatic rings. The van der Waals surface area contributed by atoms with Crippen molar-refractivity contribution in [1.82, 2.24) is 26.5 Å². The largest absolute Gasteiger partial charge is 0.290 e. The van der Waals surface area contributed by atoms with Gasteiger partial charge in [0.1, 0.15) is 0 Å². The van der Waals surface area contributed by atoms with Crippen LogP contribution in [-0.4, -0.2) is 42.3 Å². The molecule has 0 saturated carbocycles. The molecule has 11 heteroatoms. The van der Waals surface area contributed by atoms with E-state index in [9.17, 15) is 0 Å². The van der Waals surface area contributed by atoms with Crippen LogP contribution in [0.2, 0.25) is 0 Å². The lowest BCUT2D eigenvalue weighted by Crippen LogP contribution is -2.58.